The van der Waals surface area contributed by atoms with E-state index < -0.39 is 5.92 Å². The highest BCUT2D eigenvalue weighted by molar-refractivity contribution is 5.81. The Morgan fingerprint density at radius 1 is 1.85 bits per heavy atom. The lowest BCUT2D eigenvalue weighted by molar-refractivity contribution is -0.134. The van der Waals surface area contributed by atoms with Crippen molar-refractivity contribution in [3.8, 4) is 6.07 Å². The van der Waals surface area contributed by atoms with Gasteiger partial charge in [-0.2, -0.15) is 5.26 Å². The van der Waals surface area contributed by atoms with E-state index in [1.807, 2.05) is 6.07 Å². The van der Waals surface area contributed by atoms with Gasteiger partial charge in [0.2, 0.25) is 5.91 Å². The Morgan fingerprint density at radius 3 is 3.08 bits per heavy atom. The number of nitriles is 1. The highest BCUT2D eigenvalue weighted by Gasteiger charge is 2.30. The molecule has 4 nitrogen and oxygen atoms in total. The Balaban J connectivity index is 2.61. The van der Waals surface area contributed by atoms with Crippen LogP contribution in [0.2, 0.25) is 0 Å². The van der Waals surface area contributed by atoms with Crippen molar-refractivity contribution in [1.82, 2.24) is 4.90 Å². The van der Waals surface area contributed by atoms with E-state index in [1.54, 1.807) is 11.8 Å². The van der Waals surface area contributed by atoms with Crippen LogP contribution in [0.25, 0.3) is 0 Å². The van der Waals surface area contributed by atoms with Crippen molar-refractivity contribution in [3.63, 3.8) is 0 Å². The quantitative estimate of drug-likeness (QED) is 0.660. The lowest BCUT2D eigenvalue weighted by Crippen LogP contribution is -2.40. The molecule has 0 aliphatic carbocycles. The van der Waals surface area contributed by atoms with E-state index in [0.717, 1.165) is 12.8 Å². The summed E-state index contributed by atoms with van der Waals surface area (Å²) >= 11 is 0. The number of likely N-dealkylation sites (tertiary alicyclic amines) is 1. The molecule has 1 amide bonds. The van der Waals surface area contributed by atoms with Gasteiger partial charge in [0, 0.05) is 6.54 Å². The Hall–Kier alpha value is -1.08. The molecule has 1 aliphatic rings. The van der Waals surface area contributed by atoms with Crippen LogP contribution >= 0.6 is 0 Å². The Bertz CT molecular complexity index is 234. The number of rotatable bonds is 2. The molecular weight excluding hydrogens is 168 g/mol. The molecule has 0 aromatic heterocycles. The van der Waals surface area contributed by atoms with Crippen molar-refractivity contribution < 1.29 is 9.90 Å². The molecule has 0 spiro atoms. The maximum atomic E-state index is 11.5. The van der Waals surface area contributed by atoms with Crippen LogP contribution < -0.4 is 0 Å². The molecular formula is C9H14N2O2. The first-order valence-electron chi connectivity index (χ1n) is 4.51. The van der Waals surface area contributed by atoms with Crippen LogP contribution in [0, 0.1) is 17.2 Å². The van der Waals surface area contributed by atoms with Crippen molar-refractivity contribution in [3.05, 3.63) is 0 Å². The smallest absolute Gasteiger partial charge is 0.239 e. The summed E-state index contributed by atoms with van der Waals surface area (Å²) in [5.74, 6) is -0.744. The fourth-order valence-electron chi connectivity index (χ4n) is 1.62. The van der Waals surface area contributed by atoms with Crippen LogP contribution in [-0.4, -0.2) is 35.1 Å². The lowest BCUT2D eigenvalue weighted by Gasteiger charge is -2.23. The number of amides is 1. The summed E-state index contributed by atoms with van der Waals surface area (Å²) in [5.41, 5.74) is 0. The molecule has 1 saturated heterocycles. The van der Waals surface area contributed by atoms with Crippen LogP contribution in [0.5, 0.6) is 0 Å². The lowest BCUT2D eigenvalue weighted by atomic mass is 10.1. The molecule has 2 atom stereocenters. The zero-order chi connectivity index (χ0) is 9.84. The second-order valence-electron chi connectivity index (χ2n) is 3.36. The third kappa shape index (κ3) is 1.99. The number of nitrogens with zero attached hydrogens (tertiary/aromatic N) is 2. The maximum absolute atomic E-state index is 11.5. The van der Waals surface area contributed by atoms with Crippen molar-refractivity contribution in [1.29, 1.82) is 5.26 Å². The number of hydrogen-bond donors (Lipinski definition) is 1. The zero-order valence-corrected chi connectivity index (χ0v) is 7.73. The molecule has 1 N–H and O–H groups in total. The predicted octanol–water partition coefficient (Wildman–Crippen LogP) is 0.129. The van der Waals surface area contributed by atoms with Crippen molar-refractivity contribution >= 4 is 5.91 Å². The van der Waals surface area contributed by atoms with Crippen LogP contribution in [0.4, 0.5) is 0 Å². The molecule has 2 unspecified atom stereocenters. The van der Waals surface area contributed by atoms with Gasteiger partial charge >= 0.3 is 0 Å². The second kappa shape index (κ2) is 4.24. The van der Waals surface area contributed by atoms with Gasteiger partial charge in [-0.1, -0.05) is 0 Å². The number of aliphatic hydroxyl groups excluding tert-OH is 1. The molecule has 0 aromatic rings. The summed E-state index contributed by atoms with van der Waals surface area (Å²) in [7, 11) is 0. The minimum atomic E-state index is -0.591. The maximum Gasteiger partial charge on any atom is 0.239 e. The van der Waals surface area contributed by atoms with E-state index in [0.29, 0.717) is 6.54 Å². The molecule has 0 radical (unpaired) electrons. The van der Waals surface area contributed by atoms with Crippen LogP contribution in [0.15, 0.2) is 0 Å². The van der Waals surface area contributed by atoms with Crippen LogP contribution in [0.3, 0.4) is 0 Å². The fraction of sp³-hybridized carbons (Fsp3) is 0.778. The fourth-order valence-corrected chi connectivity index (χ4v) is 1.62. The monoisotopic (exact) mass is 182 g/mol. The standard InChI is InChI=1S/C9H14N2O2/c1-7(5-10)9(13)11-4-2-3-8(11)6-12/h7-8,12H,2-4,6H2,1H3. The summed E-state index contributed by atoms with van der Waals surface area (Å²) in [6.07, 6.45) is 1.77. The largest absolute Gasteiger partial charge is 0.394 e. The van der Waals surface area contributed by atoms with E-state index in [9.17, 15) is 4.79 Å². The Labute approximate surface area is 77.8 Å². The second-order valence-corrected chi connectivity index (χ2v) is 3.36. The average Bonchev–Trinajstić information content (AvgIpc) is 2.62. The summed E-state index contributed by atoms with van der Waals surface area (Å²) in [6.45, 7) is 2.27. The molecule has 1 aliphatic heterocycles. The first kappa shape index (κ1) is 10.0. The van der Waals surface area contributed by atoms with E-state index in [4.69, 9.17) is 10.4 Å². The molecule has 0 saturated carbocycles. The normalized spacial score (nSPS) is 24.1. The number of aliphatic hydroxyl groups is 1. The average molecular weight is 182 g/mol. The minimum absolute atomic E-state index is 0.00386. The molecule has 1 rings (SSSR count). The molecule has 72 valence electrons. The molecule has 1 heterocycles. The van der Waals surface area contributed by atoms with Crippen molar-refractivity contribution in [2.45, 2.75) is 25.8 Å². The highest BCUT2D eigenvalue weighted by atomic mass is 16.3. The van der Waals surface area contributed by atoms with Gasteiger partial charge in [-0.05, 0) is 19.8 Å². The number of carbonyl (C=O) groups excluding carboxylic acids is 1. The first-order chi connectivity index (χ1) is 6.20. The predicted molar refractivity (Wildman–Crippen MR) is 46.6 cm³/mol. The number of hydrogen-bond acceptors (Lipinski definition) is 3. The summed E-state index contributed by atoms with van der Waals surface area (Å²) in [4.78, 5) is 13.2. The van der Waals surface area contributed by atoms with Gasteiger partial charge in [0.25, 0.3) is 0 Å². The summed E-state index contributed by atoms with van der Waals surface area (Å²) < 4.78 is 0. The zero-order valence-electron chi connectivity index (χ0n) is 7.73. The van der Waals surface area contributed by atoms with Gasteiger partial charge < -0.3 is 10.0 Å². The first-order valence-corrected chi connectivity index (χ1v) is 4.51. The van der Waals surface area contributed by atoms with Gasteiger partial charge in [-0.3, -0.25) is 4.79 Å². The third-order valence-corrected chi connectivity index (χ3v) is 2.44. The molecule has 1 fully saturated rings. The van der Waals surface area contributed by atoms with Crippen LogP contribution in [-0.2, 0) is 4.79 Å². The van der Waals surface area contributed by atoms with Crippen molar-refractivity contribution in [2.75, 3.05) is 13.2 Å². The van der Waals surface area contributed by atoms with Gasteiger partial charge in [0.1, 0.15) is 5.92 Å². The molecule has 0 aromatic carbocycles. The topological polar surface area (TPSA) is 64.3 Å². The molecule has 0 bridgehead atoms. The van der Waals surface area contributed by atoms with Gasteiger partial charge in [-0.25, -0.2) is 0 Å². The summed E-state index contributed by atoms with van der Waals surface area (Å²) in [5, 5.41) is 17.5. The van der Waals surface area contributed by atoms with Crippen LogP contribution in [0.1, 0.15) is 19.8 Å². The van der Waals surface area contributed by atoms with Gasteiger partial charge in [0.15, 0.2) is 0 Å². The van der Waals surface area contributed by atoms with Gasteiger partial charge in [0.05, 0.1) is 18.7 Å². The minimum Gasteiger partial charge on any atom is -0.394 e. The van der Waals surface area contributed by atoms with Gasteiger partial charge in [-0.15, -0.1) is 0 Å². The molecule has 13 heavy (non-hydrogen) atoms. The highest BCUT2D eigenvalue weighted by Crippen LogP contribution is 2.18. The van der Waals surface area contributed by atoms with E-state index in [1.165, 1.54) is 0 Å². The number of carbonyl (C=O) groups is 1. The third-order valence-electron chi connectivity index (χ3n) is 2.44. The Morgan fingerprint density at radius 2 is 2.54 bits per heavy atom. The van der Waals surface area contributed by atoms with E-state index in [-0.39, 0.29) is 18.6 Å². The molecule has 4 heteroatoms. The van der Waals surface area contributed by atoms with Crippen molar-refractivity contribution in [2.24, 2.45) is 5.92 Å². The Kier molecular flexibility index (Phi) is 3.26. The van der Waals surface area contributed by atoms with E-state index >= 15 is 0 Å². The SMILES string of the molecule is CC(C#N)C(=O)N1CCCC1CO. The van der Waals surface area contributed by atoms with E-state index in [2.05, 4.69) is 0 Å². The summed E-state index contributed by atoms with van der Waals surface area (Å²) in [6, 6.07) is 1.85.